The van der Waals surface area contributed by atoms with Gasteiger partial charge in [0.2, 0.25) is 11.2 Å². The van der Waals surface area contributed by atoms with Crippen molar-refractivity contribution in [2.45, 2.75) is 39.4 Å². The van der Waals surface area contributed by atoms with Gasteiger partial charge in [0.1, 0.15) is 0 Å². The van der Waals surface area contributed by atoms with Gasteiger partial charge in [0.05, 0.1) is 18.8 Å². The second-order valence-electron chi connectivity index (χ2n) is 4.70. The van der Waals surface area contributed by atoms with Gasteiger partial charge in [-0.2, -0.15) is 15.0 Å². The lowest BCUT2D eigenvalue weighted by molar-refractivity contribution is 0.0378. The average Bonchev–Trinajstić information content (AvgIpc) is 2.37. The van der Waals surface area contributed by atoms with E-state index < -0.39 is 0 Å². The molecule has 0 radical (unpaired) electrons. The third kappa shape index (κ3) is 3.91. The molecule has 106 valence electrons. The fourth-order valence-electron chi connectivity index (χ4n) is 1.87. The summed E-state index contributed by atoms with van der Waals surface area (Å²) in [6.45, 7) is 8.11. The van der Waals surface area contributed by atoms with Crippen molar-refractivity contribution in [3.63, 3.8) is 0 Å². The van der Waals surface area contributed by atoms with Crippen molar-refractivity contribution in [1.29, 1.82) is 0 Å². The van der Waals surface area contributed by atoms with E-state index in [1.54, 1.807) is 0 Å². The van der Waals surface area contributed by atoms with Gasteiger partial charge >= 0.3 is 6.01 Å². The molecule has 1 unspecified atom stereocenters. The predicted octanol–water partition coefficient (Wildman–Crippen LogP) is 1.93. The summed E-state index contributed by atoms with van der Waals surface area (Å²) in [5.74, 6) is 0.553. The van der Waals surface area contributed by atoms with Gasteiger partial charge in [0, 0.05) is 13.1 Å². The highest BCUT2D eigenvalue weighted by Crippen LogP contribution is 2.19. The summed E-state index contributed by atoms with van der Waals surface area (Å²) in [6, 6.07) is 0.268. The summed E-state index contributed by atoms with van der Waals surface area (Å²) in [5, 5.41) is 0.153. The van der Waals surface area contributed by atoms with Gasteiger partial charge in [0.25, 0.3) is 0 Å². The Balaban J connectivity index is 2.16. The van der Waals surface area contributed by atoms with Crippen LogP contribution in [0.3, 0.4) is 0 Å². The molecule has 19 heavy (non-hydrogen) atoms. The zero-order chi connectivity index (χ0) is 13.8. The number of aromatic nitrogens is 3. The highest BCUT2D eigenvalue weighted by atomic mass is 35.5. The van der Waals surface area contributed by atoms with Gasteiger partial charge in [-0.1, -0.05) is 6.92 Å². The van der Waals surface area contributed by atoms with Crippen LogP contribution in [0.15, 0.2) is 0 Å². The number of hydrogen-bond acceptors (Lipinski definition) is 6. The van der Waals surface area contributed by atoms with E-state index in [2.05, 4.69) is 26.8 Å². The highest BCUT2D eigenvalue weighted by Gasteiger charge is 2.22. The van der Waals surface area contributed by atoms with Gasteiger partial charge in [0.15, 0.2) is 0 Å². The topological polar surface area (TPSA) is 60.4 Å². The Bertz CT molecular complexity index is 430. The Morgan fingerprint density at radius 3 is 2.89 bits per heavy atom. The molecular weight excluding hydrogens is 268 g/mol. The van der Waals surface area contributed by atoms with E-state index in [-0.39, 0.29) is 23.5 Å². The molecule has 0 bridgehead atoms. The van der Waals surface area contributed by atoms with Crippen LogP contribution in [0.5, 0.6) is 6.01 Å². The number of morpholine rings is 1. The van der Waals surface area contributed by atoms with Crippen molar-refractivity contribution in [2.24, 2.45) is 0 Å². The highest BCUT2D eigenvalue weighted by molar-refractivity contribution is 6.28. The van der Waals surface area contributed by atoms with Crippen LogP contribution in [0.4, 0.5) is 5.95 Å². The molecule has 1 fully saturated rings. The number of anilines is 1. The first kappa shape index (κ1) is 14.3. The molecule has 0 amide bonds. The molecular formula is C12H19ClN4O2. The van der Waals surface area contributed by atoms with E-state index in [1.165, 1.54) is 0 Å². The second kappa shape index (κ2) is 6.34. The van der Waals surface area contributed by atoms with Crippen LogP contribution < -0.4 is 9.64 Å². The molecule has 1 aromatic heterocycles. The zero-order valence-corrected chi connectivity index (χ0v) is 12.2. The molecule has 1 atom stereocenters. The summed E-state index contributed by atoms with van der Waals surface area (Å²) < 4.78 is 11.1. The minimum atomic E-state index is -0.000559. The summed E-state index contributed by atoms with van der Waals surface area (Å²) >= 11 is 5.92. The van der Waals surface area contributed by atoms with Crippen molar-refractivity contribution < 1.29 is 9.47 Å². The Hall–Kier alpha value is -1.14. The van der Waals surface area contributed by atoms with Crippen molar-refractivity contribution in [3.8, 4) is 6.01 Å². The number of ether oxygens (including phenoxy) is 2. The number of rotatable bonds is 4. The molecule has 1 aliphatic heterocycles. The molecule has 6 nitrogen and oxygen atoms in total. The van der Waals surface area contributed by atoms with Gasteiger partial charge in [-0.05, 0) is 31.9 Å². The van der Waals surface area contributed by atoms with Crippen molar-refractivity contribution in [3.05, 3.63) is 5.28 Å². The summed E-state index contributed by atoms with van der Waals surface area (Å²) in [6.07, 6.45) is 1.17. The van der Waals surface area contributed by atoms with Crippen LogP contribution in [0.25, 0.3) is 0 Å². The molecule has 0 aliphatic carbocycles. The third-order valence-corrected chi connectivity index (χ3v) is 2.96. The van der Waals surface area contributed by atoms with E-state index in [0.717, 1.165) is 19.5 Å². The predicted molar refractivity (Wildman–Crippen MR) is 72.8 cm³/mol. The normalized spacial score (nSPS) is 19.8. The van der Waals surface area contributed by atoms with Crippen LogP contribution in [0.1, 0.15) is 27.2 Å². The maximum atomic E-state index is 5.92. The van der Waals surface area contributed by atoms with E-state index in [1.807, 2.05) is 13.8 Å². The first-order valence-electron chi connectivity index (χ1n) is 6.53. The third-order valence-electron chi connectivity index (χ3n) is 2.79. The minimum absolute atomic E-state index is 0.000559. The fourth-order valence-corrected chi connectivity index (χ4v) is 2.02. The van der Waals surface area contributed by atoms with Gasteiger partial charge in [-0.25, -0.2) is 0 Å². The Labute approximate surface area is 118 Å². The number of hydrogen-bond donors (Lipinski definition) is 0. The van der Waals surface area contributed by atoms with Crippen molar-refractivity contribution in [1.82, 2.24) is 15.0 Å². The molecule has 0 saturated carbocycles. The lowest BCUT2D eigenvalue weighted by atomic mass is 10.2. The van der Waals surface area contributed by atoms with Crippen LogP contribution in [0.2, 0.25) is 5.28 Å². The number of halogens is 1. The smallest absolute Gasteiger partial charge is 0.322 e. The van der Waals surface area contributed by atoms with Gasteiger partial charge in [-0.3, -0.25) is 0 Å². The van der Waals surface area contributed by atoms with E-state index in [4.69, 9.17) is 21.1 Å². The fraction of sp³-hybridized carbons (Fsp3) is 0.750. The number of nitrogens with zero attached hydrogens (tertiary/aromatic N) is 4. The molecule has 1 aliphatic rings. The molecule has 0 spiro atoms. The largest absolute Gasteiger partial charge is 0.461 e. The quantitative estimate of drug-likeness (QED) is 0.843. The summed E-state index contributed by atoms with van der Waals surface area (Å²) in [7, 11) is 0. The van der Waals surface area contributed by atoms with E-state index >= 15 is 0 Å². The lowest BCUT2D eigenvalue weighted by Gasteiger charge is -2.32. The molecule has 2 rings (SSSR count). The molecule has 0 N–H and O–H groups in total. The van der Waals surface area contributed by atoms with Crippen LogP contribution in [-0.4, -0.2) is 46.9 Å². The van der Waals surface area contributed by atoms with Gasteiger partial charge < -0.3 is 14.4 Å². The Morgan fingerprint density at radius 2 is 2.21 bits per heavy atom. The van der Waals surface area contributed by atoms with Crippen molar-refractivity contribution in [2.75, 3.05) is 24.6 Å². The lowest BCUT2D eigenvalue weighted by Crippen LogP contribution is -2.43. The van der Waals surface area contributed by atoms with Crippen LogP contribution >= 0.6 is 11.6 Å². The first-order chi connectivity index (χ1) is 9.08. The Morgan fingerprint density at radius 1 is 1.42 bits per heavy atom. The maximum absolute atomic E-state index is 5.92. The Kier molecular flexibility index (Phi) is 4.76. The molecule has 0 aromatic carbocycles. The van der Waals surface area contributed by atoms with E-state index in [9.17, 15) is 0 Å². The summed E-state index contributed by atoms with van der Waals surface area (Å²) in [5.41, 5.74) is 0. The van der Waals surface area contributed by atoms with Gasteiger partial charge in [-0.15, -0.1) is 0 Å². The van der Waals surface area contributed by atoms with E-state index in [0.29, 0.717) is 12.6 Å². The van der Waals surface area contributed by atoms with Crippen molar-refractivity contribution >= 4 is 17.5 Å². The zero-order valence-electron chi connectivity index (χ0n) is 11.5. The average molecular weight is 287 g/mol. The summed E-state index contributed by atoms with van der Waals surface area (Å²) in [4.78, 5) is 14.5. The monoisotopic (exact) mass is 286 g/mol. The van der Waals surface area contributed by atoms with Crippen LogP contribution in [-0.2, 0) is 4.74 Å². The SMILES string of the molecule is CCC1CN(c2nc(Cl)nc(OC(C)C)n2)CCO1. The molecule has 1 aromatic rings. The maximum Gasteiger partial charge on any atom is 0.322 e. The molecule has 1 saturated heterocycles. The molecule has 7 heteroatoms. The minimum Gasteiger partial charge on any atom is -0.461 e. The molecule has 2 heterocycles. The standard InChI is InChI=1S/C12H19ClN4O2/c1-4-9-7-17(5-6-18-9)11-14-10(13)15-12(16-11)19-8(2)3/h8-9H,4-7H2,1-3H3. The van der Waals surface area contributed by atoms with Crippen LogP contribution in [0, 0.1) is 0 Å². The second-order valence-corrected chi connectivity index (χ2v) is 5.04. The first-order valence-corrected chi connectivity index (χ1v) is 6.91.